The van der Waals surface area contributed by atoms with Gasteiger partial charge in [-0.25, -0.2) is 9.78 Å². The molecule has 1 fully saturated rings. The number of hydrogen-bond acceptors (Lipinski definition) is 2. The largest absolute Gasteiger partial charge is 0.233 e. The predicted molar refractivity (Wildman–Crippen MR) is 44.1 cm³/mol. The van der Waals surface area contributed by atoms with E-state index in [1.807, 2.05) is 0 Å². The Morgan fingerprint density at radius 3 is 2.64 bits per heavy atom. The van der Waals surface area contributed by atoms with E-state index in [9.17, 15) is 0 Å². The van der Waals surface area contributed by atoms with Crippen molar-refractivity contribution in [3.05, 3.63) is 12.7 Å². The van der Waals surface area contributed by atoms with E-state index in [1.54, 1.807) is 6.08 Å². The monoisotopic (exact) mass is 156 g/mol. The molecule has 11 heavy (non-hydrogen) atoms. The van der Waals surface area contributed by atoms with Crippen molar-refractivity contribution in [1.82, 2.24) is 0 Å². The van der Waals surface area contributed by atoms with Gasteiger partial charge < -0.3 is 0 Å². The maximum absolute atomic E-state index is 5.15. The van der Waals surface area contributed by atoms with Gasteiger partial charge in [-0.05, 0) is 12.8 Å². The molecule has 0 radical (unpaired) electrons. The molecule has 0 aromatic rings. The number of hydrogen-bond donors (Lipinski definition) is 0. The molecule has 0 saturated heterocycles. The first kappa shape index (κ1) is 8.75. The lowest BCUT2D eigenvalue weighted by Crippen LogP contribution is -2.16. The van der Waals surface area contributed by atoms with Crippen molar-refractivity contribution in [2.24, 2.45) is 0 Å². The smallest absolute Gasteiger partial charge is 0.100 e. The highest BCUT2D eigenvalue weighted by atomic mass is 17.2. The zero-order valence-electron chi connectivity index (χ0n) is 6.92. The standard InChI is InChI=1S/C9H16O2/c1-2-8-10-11-9-6-4-3-5-7-9/h2,9H,1,3-8H2. The first-order valence-corrected chi connectivity index (χ1v) is 4.32. The Hall–Kier alpha value is -0.340. The van der Waals surface area contributed by atoms with Crippen molar-refractivity contribution < 1.29 is 9.78 Å². The average Bonchev–Trinajstić information content (AvgIpc) is 2.07. The van der Waals surface area contributed by atoms with E-state index in [-0.39, 0.29) is 0 Å². The van der Waals surface area contributed by atoms with Crippen molar-refractivity contribution in [3.8, 4) is 0 Å². The van der Waals surface area contributed by atoms with E-state index >= 15 is 0 Å². The first-order valence-electron chi connectivity index (χ1n) is 4.32. The summed E-state index contributed by atoms with van der Waals surface area (Å²) in [6, 6.07) is 0. The maximum atomic E-state index is 5.15. The SMILES string of the molecule is C=CCOOC1CCCCC1. The van der Waals surface area contributed by atoms with Crippen LogP contribution in [0.1, 0.15) is 32.1 Å². The average molecular weight is 156 g/mol. The van der Waals surface area contributed by atoms with Crippen LogP contribution in [0.2, 0.25) is 0 Å². The van der Waals surface area contributed by atoms with Crippen LogP contribution in [-0.2, 0) is 9.78 Å². The summed E-state index contributed by atoms with van der Waals surface area (Å²) in [5.41, 5.74) is 0. The Balaban J connectivity index is 2.00. The van der Waals surface area contributed by atoms with Crippen molar-refractivity contribution in [2.45, 2.75) is 38.2 Å². The Morgan fingerprint density at radius 2 is 2.00 bits per heavy atom. The number of rotatable bonds is 4. The van der Waals surface area contributed by atoms with Crippen molar-refractivity contribution in [2.75, 3.05) is 6.61 Å². The molecular formula is C9H16O2. The lowest BCUT2D eigenvalue weighted by molar-refractivity contribution is -0.321. The minimum Gasteiger partial charge on any atom is -0.233 e. The van der Waals surface area contributed by atoms with Crippen LogP contribution in [0.5, 0.6) is 0 Å². The highest BCUT2D eigenvalue weighted by Gasteiger charge is 2.13. The van der Waals surface area contributed by atoms with Gasteiger partial charge in [0.2, 0.25) is 0 Å². The van der Waals surface area contributed by atoms with Crippen LogP contribution >= 0.6 is 0 Å². The summed E-state index contributed by atoms with van der Waals surface area (Å²) in [5, 5.41) is 0. The van der Waals surface area contributed by atoms with Crippen molar-refractivity contribution in [3.63, 3.8) is 0 Å². The molecule has 0 aromatic heterocycles. The summed E-state index contributed by atoms with van der Waals surface area (Å²) < 4.78 is 0. The van der Waals surface area contributed by atoms with Gasteiger partial charge in [-0.2, -0.15) is 0 Å². The summed E-state index contributed by atoms with van der Waals surface area (Å²) in [4.78, 5) is 10.1. The van der Waals surface area contributed by atoms with Crippen LogP contribution in [0.25, 0.3) is 0 Å². The Labute approximate surface area is 68.1 Å². The van der Waals surface area contributed by atoms with Crippen LogP contribution in [0.3, 0.4) is 0 Å². The van der Waals surface area contributed by atoms with Crippen molar-refractivity contribution in [1.29, 1.82) is 0 Å². The van der Waals surface area contributed by atoms with Crippen LogP contribution in [-0.4, -0.2) is 12.7 Å². The molecule has 1 aliphatic rings. The molecule has 1 rings (SSSR count). The molecule has 64 valence electrons. The van der Waals surface area contributed by atoms with E-state index in [1.165, 1.54) is 19.3 Å². The summed E-state index contributed by atoms with van der Waals surface area (Å²) >= 11 is 0. The topological polar surface area (TPSA) is 18.5 Å². The summed E-state index contributed by atoms with van der Waals surface area (Å²) in [6.45, 7) is 4.03. The molecule has 2 heteroatoms. The highest BCUT2D eigenvalue weighted by Crippen LogP contribution is 2.20. The molecule has 0 amide bonds. The quantitative estimate of drug-likeness (QED) is 0.269. The Morgan fingerprint density at radius 1 is 1.27 bits per heavy atom. The van der Waals surface area contributed by atoms with Gasteiger partial charge in [-0.3, -0.25) is 0 Å². The van der Waals surface area contributed by atoms with Gasteiger partial charge in [0.05, 0.1) is 6.10 Å². The molecule has 0 heterocycles. The van der Waals surface area contributed by atoms with E-state index in [2.05, 4.69) is 6.58 Å². The van der Waals surface area contributed by atoms with Crippen LogP contribution in [0.4, 0.5) is 0 Å². The lowest BCUT2D eigenvalue weighted by atomic mass is 9.98. The summed E-state index contributed by atoms with van der Waals surface area (Å²) in [6.07, 6.45) is 8.24. The van der Waals surface area contributed by atoms with Gasteiger partial charge >= 0.3 is 0 Å². The summed E-state index contributed by atoms with van der Waals surface area (Å²) in [7, 11) is 0. The Kier molecular flexibility index (Phi) is 4.24. The molecule has 1 saturated carbocycles. The third kappa shape index (κ3) is 3.54. The molecule has 2 nitrogen and oxygen atoms in total. The fourth-order valence-corrected chi connectivity index (χ4v) is 1.34. The first-order chi connectivity index (χ1) is 5.43. The van der Waals surface area contributed by atoms with E-state index in [0.717, 1.165) is 12.8 Å². The molecule has 0 spiro atoms. The van der Waals surface area contributed by atoms with Crippen LogP contribution in [0.15, 0.2) is 12.7 Å². The van der Waals surface area contributed by atoms with Crippen LogP contribution < -0.4 is 0 Å². The third-order valence-electron chi connectivity index (χ3n) is 1.94. The lowest BCUT2D eigenvalue weighted by Gasteiger charge is -2.19. The zero-order chi connectivity index (χ0) is 7.94. The molecule has 0 unspecified atom stereocenters. The van der Waals surface area contributed by atoms with E-state index < -0.39 is 0 Å². The fourth-order valence-electron chi connectivity index (χ4n) is 1.34. The fraction of sp³-hybridized carbons (Fsp3) is 0.778. The van der Waals surface area contributed by atoms with E-state index in [4.69, 9.17) is 9.78 Å². The third-order valence-corrected chi connectivity index (χ3v) is 1.94. The minimum absolute atomic E-state index is 0.337. The van der Waals surface area contributed by atoms with Gasteiger partial charge in [0.25, 0.3) is 0 Å². The molecule has 1 aliphatic carbocycles. The second kappa shape index (κ2) is 5.33. The van der Waals surface area contributed by atoms with E-state index in [0.29, 0.717) is 12.7 Å². The van der Waals surface area contributed by atoms with Gasteiger partial charge in [-0.15, -0.1) is 6.58 Å². The second-order valence-corrected chi connectivity index (χ2v) is 2.93. The molecular weight excluding hydrogens is 140 g/mol. The van der Waals surface area contributed by atoms with Gasteiger partial charge in [-0.1, -0.05) is 25.3 Å². The molecule has 0 bridgehead atoms. The summed E-state index contributed by atoms with van der Waals surface area (Å²) in [5.74, 6) is 0. The maximum Gasteiger partial charge on any atom is 0.100 e. The minimum atomic E-state index is 0.337. The molecule has 0 atom stereocenters. The van der Waals surface area contributed by atoms with Gasteiger partial charge in [0.1, 0.15) is 6.61 Å². The normalized spacial score (nSPS) is 20.0. The van der Waals surface area contributed by atoms with Gasteiger partial charge in [0.15, 0.2) is 0 Å². The molecule has 0 N–H and O–H groups in total. The van der Waals surface area contributed by atoms with Gasteiger partial charge in [0, 0.05) is 0 Å². The molecule has 0 aliphatic heterocycles. The molecule has 0 aromatic carbocycles. The Bertz CT molecular complexity index is 106. The van der Waals surface area contributed by atoms with Crippen molar-refractivity contribution >= 4 is 0 Å². The van der Waals surface area contributed by atoms with Crippen LogP contribution in [0, 0.1) is 0 Å². The zero-order valence-corrected chi connectivity index (χ0v) is 6.92. The second-order valence-electron chi connectivity index (χ2n) is 2.93. The highest BCUT2D eigenvalue weighted by molar-refractivity contribution is 4.65. The predicted octanol–water partition coefficient (Wildman–Crippen LogP) is 2.45.